The first-order chi connectivity index (χ1) is 12.5. The zero-order valence-electron chi connectivity index (χ0n) is 14.8. The number of aliphatic carboxylic acids is 1. The number of nitrogens with one attached hydrogen (secondary N) is 1. The monoisotopic (exact) mass is 357 g/mol. The lowest BCUT2D eigenvalue weighted by atomic mass is 9.97. The molecule has 0 spiro atoms. The van der Waals surface area contributed by atoms with Crippen LogP contribution in [0.25, 0.3) is 0 Å². The third-order valence-electron chi connectivity index (χ3n) is 4.37. The van der Waals surface area contributed by atoms with Crippen molar-refractivity contribution in [2.24, 2.45) is 5.92 Å². The molecule has 5 heteroatoms. The zero-order valence-corrected chi connectivity index (χ0v) is 14.8. The van der Waals surface area contributed by atoms with Crippen LogP contribution in [0.2, 0.25) is 0 Å². The Morgan fingerprint density at radius 1 is 1.08 bits per heavy atom. The molecule has 2 rings (SSSR count). The van der Waals surface area contributed by atoms with E-state index in [1.807, 2.05) is 43.3 Å². The van der Waals surface area contributed by atoms with Crippen LogP contribution in [-0.4, -0.2) is 17.0 Å². The minimum atomic E-state index is -0.890. The molecule has 0 aliphatic rings. The highest BCUT2D eigenvalue weighted by molar-refractivity contribution is 5.78. The van der Waals surface area contributed by atoms with Gasteiger partial charge in [-0.2, -0.15) is 0 Å². The molecule has 0 aliphatic heterocycles. The molecule has 0 saturated heterocycles. The van der Waals surface area contributed by atoms with Crippen LogP contribution >= 0.6 is 0 Å². The van der Waals surface area contributed by atoms with Crippen LogP contribution in [0, 0.1) is 11.7 Å². The van der Waals surface area contributed by atoms with E-state index in [0.717, 1.165) is 11.1 Å². The molecule has 4 nitrogen and oxygen atoms in total. The number of carboxylic acids is 1. The third-order valence-corrected chi connectivity index (χ3v) is 4.37. The summed E-state index contributed by atoms with van der Waals surface area (Å²) in [7, 11) is 0. The van der Waals surface area contributed by atoms with Crippen LogP contribution in [-0.2, 0) is 16.0 Å². The molecule has 0 radical (unpaired) electrons. The van der Waals surface area contributed by atoms with E-state index in [0.29, 0.717) is 19.3 Å². The lowest BCUT2D eigenvalue weighted by molar-refractivity contribution is -0.137. The summed E-state index contributed by atoms with van der Waals surface area (Å²) < 4.78 is 13.2. The molecule has 2 aromatic carbocycles. The molecule has 1 amide bonds. The lowest BCUT2D eigenvalue weighted by Gasteiger charge is -2.21. The largest absolute Gasteiger partial charge is 0.481 e. The fourth-order valence-electron chi connectivity index (χ4n) is 2.80. The summed E-state index contributed by atoms with van der Waals surface area (Å²) in [5.41, 5.74) is 1.74. The van der Waals surface area contributed by atoms with Gasteiger partial charge < -0.3 is 10.4 Å². The molecule has 0 aromatic heterocycles. The van der Waals surface area contributed by atoms with Crippen molar-refractivity contribution in [3.63, 3.8) is 0 Å². The zero-order chi connectivity index (χ0) is 18.9. The summed E-state index contributed by atoms with van der Waals surface area (Å²) in [6.07, 6.45) is 1.52. The second-order valence-electron chi connectivity index (χ2n) is 6.47. The Hall–Kier alpha value is -2.69. The maximum absolute atomic E-state index is 13.2. The summed E-state index contributed by atoms with van der Waals surface area (Å²) >= 11 is 0. The number of amides is 1. The first-order valence-electron chi connectivity index (χ1n) is 8.77. The van der Waals surface area contributed by atoms with Gasteiger partial charge in [0.1, 0.15) is 5.82 Å². The molecule has 2 atom stereocenters. The fourth-order valence-corrected chi connectivity index (χ4v) is 2.80. The maximum atomic E-state index is 13.2. The number of halogens is 1. The van der Waals surface area contributed by atoms with Crippen molar-refractivity contribution in [1.82, 2.24) is 5.32 Å². The first kappa shape index (κ1) is 19.6. The molecule has 2 N–H and O–H groups in total. The van der Waals surface area contributed by atoms with Crippen LogP contribution < -0.4 is 5.32 Å². The number of rotatable bonds is 9. The van der Waals surface area contributed by atoms with Gasteiger partial charge in [-0.05, 0) is 42.5 Å². The molecular formula is C21H24FNO3. The topological polar surface area (TPSA) is 66.4 Å². The van der Waals surface area contributed by atoms with Crippen LogP contribution in [0.3, 0.4) is 0 Å². The number of hydrogen-bond donors (Lipinski definition) is 2. The lowest BCUT2D eigenvalue weighted by Crippen LogP contribution is -2.33. The molecule has 0 aliphatic carbocycles. The maximum Gasteiger partial charge on any atom is 0.303 e. The number of aryl methyl sites for hydroxylation is 1. The van der Waals surface area contributed by atoms with Gasteiger partial charge in [-0.25, -0.2) is 4.39 Å². The van der Waals surface area contributed by atoms with Crippen molar-refractivity contribution >= 4 is 11.9 Å². The van der Waals surface area contributed by atoms with E-state index in [1.165, 1.54) is 12.1 Å². The minimum Gasteiger partial charge on any atom is -0.481 e. The normalized spacial score (nSPS) is 13.0. The first-order valence-corrected chi connectivity index (χ1v) is 8.77. The summed E-state index contributed by atoms with van der Waals surface area (Å²) in [4.78, 5) is 23.4. The van der Waals surface area contributed by atoms with Crippen molar-refractivity contribution in [2.75, 3.05) is 0 Å². The predicted molar refractivity (Wildman–Crippen MR) is 98.1 cm³/mol. The number of hydrogen-bond acceptors (Lipinski definition) is 2. The molecule has 0 bridgehead atoms. The second kappa shape index (κ2) is 9.70. The molecule has 0 heterocycles. The Balaban J connectivity index is 1.95. The standard InChI is InChI=1S/C21H24FNO3/c1-15(10-11-16-6-5-9-18(22)14-16)21(26)23-19(12-13-20(24)25)17-7-3-2-4-8-17/h2-9,14-15,19H,10-13H2,1H3,(H,23,26)(H,24,25). The van der Waals surface area contributed by atoms with Crippen molar-refractivity contribution < 1.29 is 19.1 Å². The molecule has 0 fully saturated rings. The SMILES string of the molecule is CC(CCc1cccc(F)c1)C(=O)NC(CCC(=O)O)c1ccccc1. The van der Waals surface area contributed by atoms with Crippen molar-refractivity contribution in [3.05, 3.63) is 71.5 Å². The van der Waals surface area contributed by atoms with E-state index in [9.17, 15) is 14.0 Å². The van der Waals surface area contributed by atoms with Gasteiger partial charge in [0.2, 0.25) is 5.91 Å². The van der Waals surface area contributed by atoms with Gasteiger partial charge in [-0.3, -0.25) is 9.59 Å². The Labute approximate surface area is 153 Å². The van der Waals surface area contributed by atoms with E-state index < -0.39 is 5.97 Å². The molecule has 0 saturated carbocycles. The highest BCUT2D eigenvalue weighted by Gasteiger charge is 2.19. The van der Waals surface area contributed by atoms with Gasteiger partial charge in [0.15, 0.2) is 0 Å². The van der Waals surface area contributed by atoms with Crippen LogP contribution in [0.1, 0.15) is 43.4 Å². The summed E-state index contributed by atoms with van der Waals surface area (Å²) in [5.74, 6) is -1.55. The number of benzene rings is 2. The predicted octanol–water partition coefficient (Wildman–Crippen LogP) is 4.12. The van der Waals surface area contributed by atoms with E-state index in [4.69, 9.17) is 5.11 Å². The molecular weight excluding hydrogens is 333 g/mol. The fraction of sp³-hybridized carbons (Fsp3) is 0.333. The number of carbonyl (C=O) groups is 2. The Morgan fingerprint density at radius 2 is 1.81 bits per heavy atom. The van der Waals surface area contributed by atoms with Gasteiger partial charge in [0, 0.05) is 12.3 Å². The van der Waals surface area contributed by atoms with Crippen LogP contribution in [0.15, 0.2) is 54.6 Å². The minimum absolute atomic E-state index is 0.0164. The Bertz CT molecular complexity index is 733. The average molecular weight is 357 g/mol. The highest BCUT2D eigenvalue weighted by atomic mass is 19.1. The molecule has 2 aromatic rings. The van der Waals surface area contributed by atoms with Gasteiger partial charge in [0.25, 0.3) is 0 Å². The van der Waals surface area contributed by atoms with E-state index in [2.05, 4.69) is 5.32 Å². The summed E-state index contributed by atoms with van der Waals surface area (Å²) in [6, 6.07) is 15.4. The summed E-state index contributed by atoms with van der Waals surface area (Å²) in [5, 5.41) is 11.9. The third kappa shape index (κ3) is 6.31. The van der Waals surface area contributed by atoms with Gasteiger partial charge in [0.05, 0.1) is 6.04 Å². The van der Waals surface area contributed by atoms with Gasteiger partial charge in [-0.15, -0.1) is 0 Å². The van der Waals surface area contributed by atoms with Crippen LogP contribution in [0.5, 0.6) is 0 Å². The van der Waals surface area contributed by atoms with Gasteiger partial charge in [-0.1, -0.05) is 49.4 Å². The molecule has 2 unspecified atom stereocenters. The van der Waals surface area contributed by atoms with E-state index in [-0.39, 0.29) is 30.1 Å². The van der Waals surface area contributed by atoms with E-state index >= 15 is 0 Å². The average Bonchev–Trinajstić information content (AvgIpc) is 2.63. The number of carboxylic acid groups (broad SMARTS) is 1. The molecule has 138 valence electrons. The Kier molecular flexibility index (Phi) is 7.33. The van der Waals surface area contributed by atoms with Crippen molar-refractivity contribution in [3.8, 4) is 0 Å². The van der Waals surface area contributed by atoms with Crippen molar-refractivity contribution in [2.45, 2.75) is 38.6 Å². The van der Waals surface area contributed by atoms with E-state index in [1.54, 1.807) is 6.07 Å². The Morgan fingerprint density at radius 3 is 2.46 bits per heavy atom. The molecule has 26 heavy (non-hydrogen) atoms. The highest BCUT2D eigenvalue weighted by Crippen LogP contribution is 2.20. The van der Waals surface area contributed by atoms with Crippen LogP contribution in [0.4, 0.5) is 4.39 Å². The summed E-state index contributed by atoms with van der Waals surface area (Å²) in [6.45, 7) is 1.83. The number of carbonyl (C=O) groups excluding carboxylic acids is 1. The smallest absolute Gasteiger partial charge is 0.303 e. The quantitative estimate of drug-likeness (QED) is 0.709. The second-order valence-corrected chi connectivity index (χ2v) is 6.47. The van der Waals surface area contributed by atoms with Crippen molar-refractivity contribution in [1.29, 1.82) is 0 Å². The van der Waals surface area contributed by atoms with Gasteiger partial charge >= 0.3 is 5.97 Å².